The van der Waals surface area contributed by atoms with Crippen LogP contribution in [0.1, 0.15) is 5.56 Å². The van der Waals surface area contributed by atoms with Crippen LogP contribution in [0.4, 0.5) is 4.39 Å². The van der Waals surface area contributed by atoms with E-state index in [-0.39, 0.29) is 30.7 Å². The molecule has 1 fully saturated rings. The first-order chi connectivity index (χ1) is 8.47. The Morgan fingerprint density at radius 2 is 2.00 bits per heavy atom. The molecule has 0 unspecified atom stereocenters. The third-order valence-corrected chi connectivity index (χ3v) is 3.44. The SMILES string of the molecule is CN1CC(=O)N(Cc2ccc(F)c(Br)c2)CC1=O. The van der Waals surface area contributed by atoms with Crippen molar-refractivity contribution in [3.63, 3.8) is 0 Å². The quantitative estimate of drug-likeness (QED) is 0.827. The summed E-state index contributed by atoms with van der Waals surface area (Å²) < 4.78 is 13.4. The van der Waals surface area contributed by atoms with Crippen LogP contribution in [0.5, 0.6) is 0 Å². The van der Waals surface area contributed by atoms with Crippen molar-refractivity contribution in [2.24, 2.45) is 0 Å². The number of nitrogens with zero attached hydrogens (tertiary/aromatic N) is 2. The average Bonchev–Trinajstić information content (AvgIpc) is 2.31. The van der Waals surface area contributed by atoms with E-state index in [4.69, 9.17) is 0 Å². The largest absolute Gasteiger partial charge is 0.335 e. The summed E-state index contributed by atoms with van der Waals surface area (Å²) in [4.78, 5) is 26.2. The minimum Gasteiger partial charge on any atom is -0.335 e. The zero-order valence-electron chi connectivity index (χ0n) is 9.82. The van der Waals surface area contributed by atoms with Gasteiger partial charge in [0.15, 0.2) is 0 Å². The maximum atomic E-state index is 13.1. The van der Waals surface area contributed by atoms with Crippen LogP contribution in [0.3, 0.4) is 0 Å². The lowest BCUT2D eigenvalue weighted by Crippen LogP contribution is -2.51. The van der Waals surface area contributed by atoms with Gasteiger partial charge in [0.25, 0.3) is 0 Å². The number of halogens is 2. The zero-order chi connectivity index (χ0) is 13.3. The van der Waals surface area contributed by atoms with Crippen molar-refractivity contribution in [2.45, 2.75) is 6.54 Å². The minimum atomic E-state index is -0.348. The molecule has 1 saturated heterocycles. The second kappa shape index (κ2) is 5.06. The summed E-state index contributed by atoms with van der Waals surface area (Å²) in [6.07, 6.45) is 0. The monoisotopic (exact) mass is 314 g/mol. The number of hydrogen-bond acceptors (Lipinski definition) is 2. The van der Waals surface area contributed by atoms with Crippen molar-refractivity contribution >= 4 is 27.7 Å². The summed E-state index contributed by atoms with van der Waals surface area (Å²) in [5, 5.41) is 0. The number of piperazine rings is 1. The van der Waals surface area contributed by atoms with E-state index < -0.39 is 0 Å². The van der Waals surface area contributed by atoms with Gasteiger partial charge in [-0.3, -0.25) is 9.59 Å². The third kappa shape index (κ3) is 2.69. The summed E-state index contributed by atoms with van der Waals surface area (Å²) >= 11 is 3.09. The summed E-state index contributed by atoms with van der Waals surface area (Å²) in [6, 6.07) is 4.56. The summed E-state index contributed by atoms with van der Waals surface area (Å²) in [7, 11) is 1.60. The maximum Gasteiger partial charge on any atom is 0.242 e. The fourth-order valence-corrected chi connectivity index (χ4v) is 2.19. The van der Waals surface area contributed by atoms with E-state index in [1.165, 1.54) is 15.9 Å². The van der Waals surface area contributed by atoms with Crippen LogP contribution in [0.15, 0.2) is 22.7 Å². The smallest absolute Gasteiger partial charge is 0.242 e. The highest BCUT2D eigenvalue weighted by atomic mass is 79.9. The second-order valence-electron chi connectivity index (χ2n) is 4.25. The lowest BCUT2D eigenvalue weighted by molar-refractivity contribution is -0.149. The molecule has 2 rings (SSSR count). The van der Waals surface area contributed by atoms with Crippen LogP contribution in [-0.4, -0.2) is 41.8 Å². The van der Waals surface area contributed by atoms with Gasteiger partial charge in [0.05, 0.1) is 11.0 Å². The van der Waals surface area contributed by atoms with E-state index in [2.05, 4.69) is 15.9 Å². The molecule has 1 aromatic rings. The number of carbonyl (C=O) groups excluding carboxylic acids is 2. The molecule has 0 saturated carbocycles. The molecule has 0 radical (unpaired) electrons. The Balaban J connectivity index is 2.11. The van der Waals surface area contributed by atoms with Gasteiger partial charge in [0.2, 0.25) is 11.8 Å². The van der Waals surface area contributed by atoms with E-state index >= 15 is 0 Å². The van der Waals surface area contributed by atoms with Crippen LogP contribution < -0.4 is 0 Å². The van der Waals surface area contributed by atoms with Crippen LogP contribution in [0.2, 0.25) is 0 Å². The van der Waals surface area contributed by atoms with Crippen LogP contribution in [0, 0.1) is 5.82 Å². The number of rotatable bonds is 2. The van der Waals surface area contributed by atoms with Gasteiger partial charge in [-0.05, 0) is 33.6 Å². The van der Waals surface area contributed by atoms with Crippen molar-refractivity contribution in [1.29, 1.82) is 0 Å². The first-order valence-corrected chi connectivity index (χ1v) is 6.22. The topological polar surface area (TPSA) is 40.6 Å². The Morgan fingerprint density at radius 1 is 1.28 bits per heavy atom. The normalized spacial score (nSPS) is 16.4. The molecule has 18 heavy (non-hydrogen) atoms. The van der Waals surface area contributed by atoms with Crippen molar-refractivity contribution in [1.82, 2.24) is 9.80 Å². The summed E-state index contributed by atoms with van der Waals surface area (Å²) in [5.41, 5.74) is 0.786. The summed E-state index contributed by atoms with van der Waals surface area (Å²) in [6.45, 7) is 0.489. The molecule has 6 heteroatoms. The molecule has 0 N–H and O–H groups in total. The van der Waals surface area contributed by atoms with E-state index in [0.717, 1.165) is 5.56 Å². The molecular formula is C12H12BrFN2O2. The lowest BCUT2D eigenvalue weighted by atomic mass is 10.2. The molecule has 0 spiro atoms. The van der Waals surface area contributed by atoms with Crippen molar-refractivity contribution < 1.29 is 14.0 Å². The van der Waals surface area contributed by atoms with E-state index in [9.17, 15) is 14.0 Å². The Labute approximate surface area is 112 Å². The maximum absolute atomic E-state index is 13.1. The van der Waals surface area contributed by atoms with E-state index in [0.29, 0.717) is 11.0 Å². The van der Waals surface area contributed by atoms with Gasteiger partial charge in [-0.1, -0.05) is 6.07 Å². The number of amides is 2. The van der Waals surface area contributed by atoms with Gasteiger partial charge in [0.1, 0.15) is 12.4 Å². The highest BCUT2D eigenvalue weighted by Gasteiger charge is 2.27. The van der Waals surface area contributed by atoms with Gasteiger partial charge < -0.3 is 9.80 Å². The molecule has 0 bridgehead atoms. The molecule has 96 valence electrons. The molecule has 0 aromatic heterocycles. The van der Waals surface area contributed by atoms with Crippen LogP contribution in [-0.2, 0) is 16.1 Å². The van der Waals surface area contributed by atoms with E-state index in [1.807, 2.05) is 0 Å². The number of likely N-dealkylation sites (N-methyl/N-ethyl adjacent to an activating group) is 1. The molecule has 2 amide bonds. The van der Waals surface area contributed by atoms with Crippen LogP contribution in [0.25, 0.3) is 0 Å². The molecule has 1 aliphatic heterocycles. The fraction of sp³-hybridized carbons (Fsp3) is 0.333. The van der Waals surface area contributed by atoms with Gasteiger partial charge in [-0.25, -0.2) is 4.39 Å². The Morgan fingerprint density at radius 3 is 2.67 bits per heavy atom. The van der Waals surface area contributed by atoms with Crippen molar-refractivity contribution in [3.05, 3.63) is 34.1 Å². The van der Waals surface area contributed by atoms with Gasteiger partial charge in [0, 0.05) is 13.6 Å². The predicted octanol–water partition coefficient (Wildman–Crippen LogP) is 1.39. The van der Waals surface area contributed by atoms with Crippen molar-refractivity contribution in [3.8, 4) is 0 Å². The first kappa shape index (κ1) is 13.0. The molecule has 4 nitrogen and oxygen atoms in total. The average molecular weight is 315 g/mol. The fourth-order valence-electron chi connectivity index (χ4n) is 1.77. The van der Waals surface area contributed by atoms with Gasteiger partial charge in [-0.2, -0.15) is 0 Å². The third-order valence-electron chi connectivity index (χ3n) is 2.83. The minimum absolute atomic E-state index is 0.0737. The Bertz CT molecular complexity index is 507. The van der Waals surface area contributed by atoms with Crippen molar-refractivity contribution in [2.75, 3.05) is 20.1 Å². The molecule has 1 aromatic carbocycles. The zero-order valence-corrected chi connectivity index (χ0v) is 11.4. The highest BCUT2D eigenvalue weighted by Crippen LogP contribution is 2.18. The predicted molar refractivity (Wildman–Crippen MR) is 67.2 cm³/mol. The Kier molecular flexibility index (Phi) is 3.65. The van der Waals surface area contributed by atoms with Crippen LogP contribution >= 0.6 is 15.9 Å². The molecule has 1 aliphatic rings. The standard InChI is InChI=1S/C12H12BrFN2O2/c1-15-6-12(18)16(7-11(15)17)5-8-2-3-10(14)9(13)4-8/h2-4H,5-7H2,1H3. The first-order valence-electron chi connectivity index (χ1n) is 5.43. The lowest BCUT2D eigenvalue weighted by Gasteiger charge is -2.31. The summed E-state index contributed by atoms with van der Waals surface area (Å²) in [5.74, 6) is -0.534. The second-order valence-corrected chi connectivity index (χ2v) is 5.10. The Hall–Kier alpha value is -1.43. The number of carbonyl (C=O) groups is 2. The van der Waals surface area contributed by atoms with Gasteiger partial charge >= 0.3 is 0 Å². The van der Waals surface area contributed by atoms with E-state index in [1.54, 1.807) is 19.2 Å². The molecule has 1 heterocycles. The number of benzene rings is 1. The van der Waals surface area contributed by atoms with Gasteiger partial charge in [-0.15, -0.1) is 0 Å². The number of hydrogen-bond donors (Lipinski definition) is 0. The molecule has 0 aliphatic carbocycles. The molecule has 0 atom stereocenters. The molecular weight excluding hydrogens is 303 g/mol. The highest BCUT2D eigenvalue weighted by molar-refractivity contribution is 9.10.